The molecule has 3 nitrogen and oxygen atoms in total. The second kappa shape index (κ2) is 6.94. The van der Waals surface area contributed by atoms with Crippen molar-refractivity contribution in [2.24, 2.45) is 0 Å². The molecule has 120 valence electrons. The monoisotopic (exact) mass is 350 g/mol. The van der Waals surface area contributed by atoms with Crippen molar-refractivity contribution in [1.29, 1.82) is 5.26 Å². The normalized spacial score (nSPS) is 20.7. The molecule has 6 heteroatoms. The highest BCUT2D eigenvalue weighted by molar-refractivity contribution is 8.00. The van der Waals surface area contributed by atoms with Crippen molar-refractivity contribution in [3.63, 3.8) is 0 Å². The zero-order valence-corrected chi connectivity index (χ0v) is 14.1. The summed E-state index contributed by atoms with van der Waals surface area (Å²) in [4.78, 5) is 14.4. The summed E-state index contributed by atoms with van der Waals surface area (Å²) in [6, 6.07) is 6.51. The molecule has 1 heterocycles. The topological polar surface area (TPSA) is 44.1 Å². The number of anilines is 1. The van der Waals surface area contributed by atoms with E-state index in [0.29, 0.717) is 17.2 Å². The fourth-order valence-electron chi connectivity index (χ4n) is 3.16. The van der Waals surface area contributed by atoms with Crippen LogP contribution in [0.5, 0.6) is 0 Å². The van der Waals surface area contributed by atoms with Crippen molar-refractivity contribution in [2.45, 2.75) is 37.5 Å². The summed E-state index contributed by atoms with van der Waals surface area (Å²) in [6.07, 6.45) is 4.09. The molecule has 1 aliphatic carbocycles. The lowest BCUT2D eigenvalue weighted by molar-refractivity contribution is -0.114. The summed E-state index contributed by atoms with van der Waals surface area (Å²) in [5.74, 6) is 0.0312. The summed E-state index contributed by atoms with van der Waals surface area (Å²) in [7, 11) is 0. The van der Waals surface area contributed by atoms with Crippen LogP contribution in [0.15, 0.2) is 29.3 Å². The van der Waals surface area contributed by atoms with Crippen molar-refractivity contribution in [1.82, 2.24) is 0 Å². The number of halogens is 2. The highest BCUT2D eigenvalue weighted by atomic mass is 35.5. The first-order valence-corrected chi connectivity index (χ1v) is 9.05. The molecule has 3 rings (SSSR count). The summed E-state index contributed by atoms with van der Waals surface area (Å²) >= 11 is 7.36. The molecule has 0 N–H and O–H groups in total. The van der Waals surface area contributed by atoms with E-state index >= 15 is 0 Å². The summed E-state index contributed by atoms with van der Waals surface area (Å²) in [5, 5.41) is 8.85. The largest absolute Gasteiger partial charge is 0.289 e. The SMILES string of the molecule is N#CCCSC1C2=C(CCCC2)C(=O)N1c1ccc(Cl)cc1F. The van der Waals surface area contributed by atoms with E-state index in [1.165, 1.54) is 17.8 Å². The average Bonchev–Trinajstić information content (AvgIpc) is 2.81. The van der Waals surface area contributed by atoms with Gasteiger partial charge in [0.1, 0.15) is 11.2 Å². The molecule has 1 aliphatic heterocycles. The zero-order valence-electron chi connectivity index (χ0n) is 12.5. The number of hydrogen-bond acceptors (Lipinski definition) is 3. The molecule has 1 unspecified atom stereocenters. The Bertz CT molecular complexity index is 713. The van der Waals surface area contributed by atoms with Gasteiger partial charge in [-0.1, -0.05) is 11.6 Å². The molecule has 1 aromatic rings. The maximum Gasteiger partial charge on any atom is 0.255 e. The highest BCUT2D eigenvalue weighted by Crippen LogP contribution is 2.44. The molecule has 23 heavy (non-hydrogen) atoms. The van der Waals surface area contributed by atoms with Crippen LogP contribution >= 0.6 is 23.4 Å². The summed E-state index contributed by atoms with van der Waals surface area (Å²) < 4.78 is 14.4. The van der Waals surface area contributed by atoms with Gasteiger partial charge in [0.25, 0.3) is 5.91 Å². The molecule has 0 aromatic heterocycles. The smallest absolute Gasteiger partial charge is 0.255 e. The van der Waals surface area contributed by atoms with Gasteiger partial charge in [0, 0.05) is 22.8 Å². The predicted molar refractivity (Wildman–Crippen MR) is 90.9 cm³/mol. The van der Waals surface area contributed by atoms with Crippen LogP contribution in [-0.2, 0) is 4.79 Å². The molecule has 0 fully saturated rings. The second-order valence-electron chi connectivity index (χ2n) is 5.61. The first-order valence-electron chi connectivity index (χ1n) is 7.62. The first-order chi connectivity index (χ1) is 11.1. The van der Waals surface area contributed by atoms with E-state index in [1.807, 2.05) is 0 Å². The maximum atomic E-state index is 14.4. The Morgan fingerprint density at radius 2 is 2.17 bits per heavy atom. The van der Waals surface area contributed by atoms with Crippen LogP contribution in [0.1, 0.15) is 32.1 Å². The van der Waals surface area contributed by atoms with Gasteiger partial charge < -0.3 is 0 Å². The summed E-state index contributed by atoms with van der Waals surface area (Å²) in [5.41, 5.74) is 2.21. The molecule has 0 saturated heterocycles. The zero-order chi connectivity index (χ0) is 16.4. The third-order valence-corrected chi connectivity index (χ3v) is 5.66. The summed E-state index contributed by atoms with van der Waals surface area (Å²) in [6.45, 7) is 0. The van der Waals surface area contributed by atoms with E-state index in [1.54, 1.807) is 17.0 Å². The van der Waals surface area contributed by atoms with Gasteiger partial charge in [0.05, 0.1) is 11.8 Å². The minimum Gasteiger partial charge on any atom is -0.289 e. The molecular formula is C17H16ClFN2OS. The standard InChI is InChI=1S/C17H16ClFN2OS/c18-11-6-7-15(14(19)10-11)21-16(22)12-4-1-2-5-13(12)17(21)23-9-3-8-20/h6-7,10,17H,1-5,9H2. The Hall–Kier alpha value is -1.51. The Morgan fingerprint density at radius 1 is 1.39 bits per heavy atom. The van der Waals surface area contributed by atoms with E-state index in [4.69, 9.17) is 16.9 Å². The Balaban J connectivity index is 1.96. The molecule has 1 aromatic carbocycles. The van der Waals surface area contributed by atoms with Crippen LogP contribution in [0.2, 0.25) is 5.02 Å². The Kier molecular flexibility index (Phi) is 4.93. The van der Waals surface area contributed by atoms with Crippen LogP contribution in [0.4, 0.5) is 10.1 Å². The first kappa shape index (κ1) is 16.4. The minimum absolute atomic E-state index is 0.101. The van der Waals surface area contributed by atoms with Crippen molar-refractivity contribution in [3.8, 4) is 6.07 Å². The lowest BCUT2D eigenvalue weighted by Crippen LogP contribution is -2.34. The van der Waals surface area contributed by atoms with Gasteiger partial charge in [-0.3, -0.25) is 9.69 Å². The predicted octanol–water partition coefficient (Wildman–Crippen LogP) is 4.67. The Morgan fingerprint density at radius 3 is 2.91 bits per heavy atom. The third-order valence-electron chi connectivity index (χ3n) is 4.18. The number of thioether (sulfide) groups is 1. The van der Waals surface area contributed by atoms with Crippen LogP contribution < -0.4 is 4.90 Å². The Labute approximate surface area is 144 Å². The molecular weight excluding hydrogens is 335 g/mol. The quantitative estimate of drug-likeness (QED) is 0.741. The fourth-order valence-corrected chi connectivity index (χ4v) is 4.57. The van der Waals surface area contributed by atoms with Gasteiger partial charge >= 0.3 is 0 Å². The van der Waals surface area contributed by atoms with Crippen molar-refractivity contribution >= 4 is 35.0 Å². The molecule has 0 radical (unpaired) electrons. The fraction of sp³-hybridized carbons (Fsp3) is 0.412. The molecule has 0 bridgehead atoms. The second-order valence-corrected chi connectivity index (χ2v) is 7.24. The van der Waals surface area contributed by atoms with Crippen LogP contribution in [0.25, 0.3) is 0 Å². The van der Waals surface area contributed by atoms with Gasteiger partial charge in [-0.05, 0) is 49.5 Å². The van der Waals surface area contributed by atoms with Crippen LogP contribution in [0.3, 0.4) is 0 Å². The number of nitrogens with zero attached hydrogens (tertiary/aromatic N) is 2. The lowest BCUT2D eigenvalue weighted by atomic mass is 9.94. The molecule has 0 saturated carbocycles. The van der Waals surface area contributed by atoms with Crippen molar-refractivity contribution in [2.75, 3.05) is 10.7 Å². The third kappa shape index (κ3) is 3.11. The van der Waals surface area contributed by atoms with E-state index < -0.39 is 5.82 Å². The van der Waals surface area contributed by atoms with Crippen molar-refractivity contribution < 1.29 is 9.18 Å². The van der Waals surface area contributed by atoms with Crippen LogP contribution in [0, 0.1) is 17.1 Å². The number of carbonyl (C=O) groups excluding carboxylic acids is 1. The number of nitriles is 1. The molecule has 1 amide bonds. The number of carbonyl (C=O) groups is 1. The number of hydrogen-bond donors (Lipinski definition) is 0. The minimum atomic E-state index is -0.489. The molecule has 1 atom stereocenters. The van der Waals surface area contributed by atoms with Gasteiger partial charge in [0.2, 0.25) is 0 Å². The molecule has 2 aliphatic rings. The average molecular weight is 351 g/mol. The van der Waals surface area contributed by atoms with Gasteiger partial charge in [0.15, 0.2) is 0 Å². The van der Waals surface area contributed by atoms with E-state index in [-0.39, 0.29) is 17.0 Å². The van der Waals surface area contributed by atoms with Gasteiger partial charge in [-0.2, -0.15) is 5.26 Å². The van der Waals surface area contributed by atoms with Crippen molar-refractivity contribution in [3.05, 3.63) is 40.2 Å². The van der Waals surface area contributed by atoms with E-state index in [9.17, 15) is 9.18 Å². The number of rotatable bonds is 4. The van der Waals surface area contributed by atoms with Gasteiger partial charge in [-0.15, -0.1) is 11.8 Å². The number of benzene rings is 1. The van der Waals surface area contributed by atoms with Crippen LogP contribution in [-0.4, -0.2) is 17.0 Å². The maximum absolute atomic E-state index is 14.4. The van der Waals surface area contributed by atoms with E-state index in [0.717, 1.165) is 36.8 Å². The highest BCUT2D eigenvalue weighted by Gasteiger charge is 2.41. The lowest BCUT2D eigenvalue weighted by Gasteiger charge is -2.27. The van der Waals surface area contributed by atoms with E-state index in [2.05, 4.69) is 6.07 Å². The number of amides is 1. The molecule has 0 spiro atoms. The van der Waals surface area contributed by atoms with Gasteiger partial charge in [-0.25, -0.2) is 4.39 Å².